The third-order valence-electron chi connectivity index (χ3n) is 2.24. The minimum Gasteiger partial charge on any atom is -0.338 e. The highest BCUT2D eigenvalue weighted by Crippen LogP contribution is 2.24. The lowest BCUT2D eigenvalue weighted by molar-refractivity contribution is -0.130. The van der Waals surface area contributed by atoms with Crippen LogP contribution in [0.1, 0.15) is 13.8 Å². The van der Waals surface area contributed by atoms with Crippen LogP contribution in [0.4, 0.5) is 0 Å². The van der Waals surface area contributed by atoms with Crippen molar-refractivity contribution in [3.63, 3.8) is 0 Å². The molecule has 0 aromatic rings. The molecule has 0 unspecified atom stereocenters. The lowest BCUT2D eigenvalue weighted by Crippen LogP contribution is -2.41. The molecule has 1 fully saturated rings. The number of carbonyl (C=O) groups excluding carboxylic acids is 1. The first-order chi connectivity index (χ1) is 4.89. The van der Waals surface area contributed by atoms with Crippen LogP contribution in [0.3, 0.4) is 0 Å². The molecule has 0 aromatic heterocycles. The smallest absolute Gasteiger partial charge is 0.253 e. The molecule has 1 saturated heterocycles. The Balaban J connectivity index is 3.06. The Morgan fingerprint density at radius 3 is 1.91 bits per heavy atom. The summed E-state index contributed by atoms with van der Waals surface area (Å²) in [6, 6.07) is 0. The Kier molecular flexibility index (Phi) is 1.67. The van der Waals surface area contributed by atoms with Gasteiger partial charge in [-0.15, -0.1) is 0 Å². The Morgan fingerprint density at radius 1 is 1.36 bits per heavy atom. The van der Waals surface area contributed by atoms with E-state index in [9.17, 15) is 4.79 Å². The Hall–Kier alpha value is -0.640. The van der Waals surface area contributed by atoms with E-state index in [-0.39, 0.29) is 5.91 Å². The van der Waals surface area contributed by atoms with Gasteiger partial charge in [-0.3, -0.25) is 9.69 Å². The normalized spacial score (nSPS) is 23.3. The third kappa shape index (κ3) is 0.929. The van der Waals surface area contributed by atoms with Crippen molar-refractivity contribution in [2.45, 2.75) is 19.4 Å². The van der Waals surface area contributed by atoms with Gasteiger partial charge in [0.05, 0.1) is 0 Å². The molecule has 0 bridgehead atoms. The van der Waals surface area contributed by atoms with Crippen LogP contribution in [0.2, 0.25) is 0 Å². The maximum Gasteiger partial charge on any atom is 0.253 e. The lowest BCUT2D eigenvalue weighted by Gasteiger charge is -2.24. The van der Waals surface area contributed by atoms with Gasteiger partial charge < -0.3 is 4.90 Å². The molecule has 0 radical (unpaired) electrons. The maximum absolute atomic E-state index is 11.4. The SMILES string of the molecule is CN1C(=O)C(C)(C)N(C)C1=S. The van der Waals surface area contributed by atoms with Gasteiger partial charge >= 0.3 is 0 Å². The number of amides is 1. The average Bonchev–Trinajstić information content (AvgIpc) is 2.06. The van der Waals surface area contributed by atoms with Crippen LogP contribution in [0, 0.1) is 0 Å². The van der Waals surface area contributed by atoms with Crippen LogP contribution in [-0.4, -0.2) is 40.5 Å². The van der Waals surface area contributed by atoms with Crippen LogP contribution in [0.25, 0.3) is 0 Å². The minimum absolute atomic E-state index is 0.0602. The zero-order valence-electron chi connectivity index (χ0n) is 7.21. The summed E-state index contributed by atoms with van der Waals surface area (Å²) in [6.45, 7) is 3.73. The van der Waals surface area contributed by atoms with E-state index in [0.717, 1.165) is 0 Å². The fourth-order valence-electron chi connectivity index (χ4n) is 1.10. The number of hydrogen-bond acceptors (Lipinski definition) is 2. The Labute approximate surface area is 72.0 Å². The fourth-order valence-corrected chi connectivity index (χ4v) is 1.42. The van der Waals surface area contributed by atoms with Gasteiger partial charge in [0.25, 0.3) is 5.91 Å². The number of carbonyl (C=O) groups is 1. The number of likely N-dealkylation sites (N-methyl/N-ethyl adjacent to an activating group) is 2. The zero-order chi connectivity index (χ0) is 8.81. The first-order valence-electron chi connectivity index (χ1n) is 3.45. The van der Waals surface area contributed by atoms with E-state index in [1.54, 1.807) is 7.05 Å². The monoisotopic (exact) mass is 172 g/mol. The van der Waals surface area contributed by atoms with Crippen LogP contribution in [-0.2, 0) is 4.79 Å². The minimum atomic E-state index is -0.466. The van der Waals surface area contributed by atoms with E-state index in [2.05, 4.69) is 0 Å². The molecule has 3 nitrogen and oxygen atoms in total. The zero-order valence-corrected chi connectivity index (χ0v) is 8.03. The number of thiocarbonyl (C=S) groups is 1. The fraction of sp³-hybridized carbons (Fsp3) is 0.714. The van der Waals surface area contributed by atoms with E-state index in [1.165, 1.54) is 4.90 Å². The molecule has 0 N–H and O–H groups in total. The molecule has 1 aliphatic rings. The molecule has 62 valence electrons. The summed E-state index contributed by atoms with van der Waals surface area (Å²) in [5.41, 5.74) is -0.466. The maximum atomic E-state index is 11.4. The molecule has 0 aliphatic carbocycles. The van der Waals surface area contributed by atoms with E-state index < -0.39 is 5.54 Å². The van der Waals surface area contributed by atoms with Gasteiger partial charge in [-0.1, -0.05) is 0 Å². The van der Waals surface area contributed by atoms with Crippen LogP contribution in [0.15, 0.2) is 0 Å². The molecule has 0 saturated carbocycles. The second-order valence-electron chi connectivity index (χ2n) is 3.26. The van der Waals surface area contributed by atoms with E-state index in [1.807, 2.05) is 25.8 Å². The molecule has 4 heteroatoms. The number of hydrogen-bond donors (Lipinski definition) is 0. The summed E-state index contributed by atoms with van der Waals surface area (Å²) in [6.07, 6.45) is 0. The highest BCUT2D eigenvalue weighted by atomic mass is 32.1. The third-order valence-corrected chi connectivity index (χ3v) is 2.79. The Morgan fingerprint density at radius 2 is 1.82 bits per heavy atom. The summed E-state index contributed by atoms with van der Waals surface area (Å²) in [4.78, 5) is 14.8. The number of rotatable bonds is 0. The number of nitrogens with zero attached hydrogens (tertiary/aromatic N) is 2. The van der Waals surface area contributed by atoms with Crippen molar-refractivity contribution >= 4 is 23.2 Å². The van der Waals surface area contributed by atoms with Gasteiger partial charge in [0.2, 0.25) is 0 Å². The summed E-state index contributed by atoms with van der Waals surface area (Å²) < 4.78 is 0. The standard InChI is InChI=1S/C7H12N2OS/c1-7(2)5(10)8(3)6(11)9(7)4/h1-4H3. The summed E-state index contributed by atoms with van der Waals surface area (Å²) >= 11 is 5.02. The molecular weight excluding hydrogens is 160 g/mol. The van der Waals surface area contributed by atoms with Crippen molar-refractivity contribution in [3.05, 3.63) is 0 Å². The Bertz CT molecular complexity index is 224. The largest absolute Gasteiger partial charge is 0.338 e. The van der Waals surface area contributed by atoms with E-state index in [4.69, 9.17) is 12.2 Å². The highest BCUT2D eigenvalue weighted by Gasteiger charge is 2.44. The van der Waals surface area contributed by atoms with E-state index >= 15 is 0 Å². The molecule has 1 aliphatic heterocycles. The quantitative estimate of drug-likeness (QED) is 0.496. The second kappa shape index (κ2) is 2.17. The van der Waals surface area contributed by atoms with Gasteiger partial charge in [0.1, 0.15) is 5.54 Å². The van der Waals surface area contributed by atoms with Crippen molar-refractivity contribution in [1.82, 2.24) is 9.80 Å². The lowest BCUT2D eigenvalue weighted by atomic mass is 10.1. The first kappa shape index (κ1) is 8.46. The predicted molar refractivity (Wildman–Crippen MR) is 47.2 cm³/mol. The molecule has 1 heterocycles. The van der Waals surface area contributed by atoms with Gasteiger partial charge in [-0.25, -0.2) is 0 Å². The molecular formula is C7H12N2OS. The van der Waals surface area contributed by atoms with Crippen LogP contribution in [0.5, 0.6) is 0 Å². The van der Waals surface area contributed by atoms with Crippen molar-refractivity contribution in [3.8, 4) is 0 Å². The van der Waals surface area contributed by atoms with Crippen molar-refractivity contribution in [1.29, 1.82) is 0 Å². The van der Waals surface area contributed by atoms with Gasteiger partial charge in [-0.05, 0) is 26.1 Å². The molecule has 0 spiro atoms. The summed E-state index contributed by atoms with van der Waals surface area (Å²) in [5.74, 6) is 0.0602. The van der Waals surface area contributed by atoms with Crippen molar-refractivity contribution in [2.75, 3.05) is 14.1 Å². The van der Waals surface area contributed by atoms with Crippen LogP contribution >= 0.6 is 12.2 Å². The topological polar surface area (TPSA) is 23.6 Å². The van der Waals surface area contributed by atoms with Gasteiger partial charge in [0, 0.05) is 14.1 Å². The predicted octanol–water partition coefficient (Wildman–Crippen LogP) is 0.454. The molecule has 0 atom stereocenters. The molecule has 11 heavy (non-hydrogen) atoms. The van der Waals surface area contributed by atoms with Gasteiger partial charge in [0.15, 0.2) is 5.11 Å². The van der Waals surface area contributed by atoms with E-state index in [0.29, 0.717) is 5.11 Å². The van der Waals surface area contributed by atoms with Crippen LogP contribution < -0.4 is 0 Å². The second-order valence-corrected chi connectivity index (χ2v) is 3.63. The first-order valence-corrected chi connectivity index (χ1v) is 3.86. The van der Waals surface area contributed by atoms with Crippen molar-refractivity contribution in [2.24, 2.45) is 0 Å². The average molecular weight is 172 g/mol. The molecule has 0 aromatic carbocycles. The molecule has 1 amide bonds. The summed E-state index contributed by atoms with van der Waals surface area (Å²) in [5, 5.41) is 0.597. The summed E-state index contributed by atoms with van der Waals surface area (Å²) in [7, 11) is 3.54. The van der Waals surface area contributed by atoms with Gasteiger partial charge in [-0.2, -0.15) is 0 Å². The highest BCUT2D eigenvalue weighted by molar-refractivity contribution is 7.80. The molecule has 1 rings (SSSR count). The van der Waals surface area contributed by atoms with Crippen molar-refractivity contribution < 1.29 is 4.79 Å².